The fourth-order valence-corrected chi connectivity index (χ4v) is 9.93. The fraction of sp³-hybridized carbons (Fsp3) is 0.913. The molecule has 0 spiro atoms. The molecular weight excluding hydrogens is 372 g/mol. The van der Waals surface area contributed by atoms with Gasteiger partial charge < -0.3 is 20.4 Å². The summed E-state index contributed by atoms with van der Waals surface area (Å²) in [7, 11) is 0. The molecule has 8 aliphatic carbocycles. The molecule has 0 saturated heterocycles. The zero-order chi connectivity index (χ0) is 21.0. The van der Waals surface area contributed by atoms with E-state index in [-0.39, 0.29) is 0 Å². The summed E-state index contributed by atoms with van der Waals surface area (Å²) in [5.74, 6) is 7.94. The van der Waals surface area contributed by atoms with Gasteiger partial charge in [0, 0.05) is 0 Å². The summed E-state index contributed by atoms with van der Waals surface area (Å²) < 4.78 is 0. The van der Waals surface area contributed by atoms with Crippen LogP contribution in [-0.2, 0) is 0 Å². The van der Waals surface area contributed by atoms with Crippen molar-refractivity contribution < 1.29 is 30.0 Å². The predicted molar refractivity (Wildman–Crippen MR) is 107 cm³/mol. The summed E-state index contributed by atoms with van der Waals surface area (Å²) in [6, 6.07) is 0. The molecule has 0 heterocycles. The number of carboxylic acid groups (broad SMARTS) is 4. The molecule has 0 aliphatic heterocycles. The molecule has 8 rings (SSSR count). The highest BCUT2D eigenvalue weighted by Gasteiger charge is 2.67. The molecular formula is C23H36O6. The molecule has 8 aliphatic rings. The summed E-state index contributed by atoms with van der Waals surface area (Å²) >= 11 is 0. The topological polar surface area (TPSA) is 115 Å². The fourth-order valence-electron chi connectivity index (χ4n) is 9.93. The average Bonchev–Trinajstić information content (AvgIpc) is 2.56. The van der Waals surface area contributed by atoms with Gasteiger partial charge in [-0.1, -0.05) is 6.92 Å². The van der Waals surface area contributed by atoms with Crippen LogP contribution in [0, 0.1) is 52.3 Å². The lowest BCUT2D eigenvalue weighted by Crippen LogP contribution is -2.63. The van der Waals surface area contributed by atoms with Gasteiger partial charge >= 0.3 is 12.3 Å². The summed E-state index contributed by atoms with van der Waals surface area (Å²) in [5.41, 5.74) is 1.65. The maximum atomic E-state index is 8.56. The molecule has 0 aromatic carbocycles. The number of carbonyl (C=O) groups is 2. The lowest BCUT2D eigenvalue weighted by atomic mass is 9.33. The molecule has 0 radical (unpaired) electrons. The smallest absolute Gasteiger partial charge is 0.450 e. The second-order valence-corrected chi connectivity index (χ2v) is 11.3. The molecule has 3 unspecified atom stereocenters. The van der Waals surface area contributed by atoms with E-state index in [4.69, 9.17) is 30.0 Å². The molecule has 29 heavy (non-hydrogen) atoms. The van der Waals surface area contributed by atoms with Gasteiger partial charge in [-0.25, -0.2) is 9.59 Å². The minimum absolute atomic E-state index is 0.817. The first-order chi connectivity index (χ1) is 13.6. The van der Waals surface area contributed by atoms with Crippen molar-refractivity contribution in [1.29, 1.82) is 0 Å². The van der Waals surface area contributed by atoms with Crippen LogP contribution in [0.5, 0.6) is 0 Å². The van der Waals surface area contributed by atoms with E-state index in [0.29, 0.717) is 0 Å². The molecule has 8 saturated carbocycles. The normalized spacial score (nSPS) is 50.2. The van der Waals surface area contributed by atoms with Crippen LogP contribution in [0.15, 0.2) is 0 Å². The van der Waals surface area contributed by atoms with Gasteiger partial charge in [0.2, 0.25) is 0 Å². The Hall–Kier alpha value is -1.46. The van der Waals surface area contributed by atoms with Crippen LogP contribution in [0.4, 0.5) is 9.59 Å². The van der Waals surface area contributed by atoms with Crippen LogP contribution in [0.1, 0.15) is 77.6 Å². The van der Waals surface area contributed by atoms with Crippen molar-refractivity contribution in [1.82, 2.24) is 0 Å². The second kappa shape index (κ2) is 7.35. The Kier molecular flexibility index (Phi) is 5.27. The van der Waals surface area contributed by atoms with Gasteiger partial charge in [-0.2, -0.15) is 0 Å². The van der Waals surface area contributed by atoms with Crippen molar-refractivity contribution in [2.45, 2.75) is 77.6 Å². The van der Waals surface area contributed by atoms with E-state index in [1.54, 1.807) is 70.6 Å². The van der Waals surface area contributed by atoms with Crippen LogP contribution >= 0.6 is 0 Å². The molecule has 8 fully saturated rings. The molecule has 6 nitrogen and oxygen atoms in total. The first-order valence-corrected chi connectivity index (χ1v) is 11.5. The molecule has 6 heteroatoms. The Labute approximate surface area is 172 Å². The molecule has 0 amide bonds. The molecule has 0 aromatic rings. The first kappa shape index (κ1) is 20.8. The van der Waals surface area contributed by atoms with E-state index in [2.05, 4.69) is 6.92 Å². The van der Waals surface area contributed by atoms with Crippen molar-refractivity contribution >= 4 is 12.3 Å². The maximum absolute atomic E-state index is 8.56. The largest absolute Gasteiger partial charge is 0.503 e. The highest BCUT2D eigenvalue weighted by atomic mass is 16.6. The van der Waals surface area contributed by atoms with E-state index in [9.17, 15) is 0 Å². The van der Waals surface area contributed by atoms with Gasteiger partial charge in [0.25, 0.3) is 0 Å². The van der Waals surface area contributed by atoms with Crippen molar-refractivity contribution in [2.75, 3.05) is 0 Å². The number of rotatable bonds is 1. The number of hydrogen-bond acceptors (Lipinski definition) is 2. The monoisotopic (exact) mass is 408 g/mol. The van der Waals surface area contributed by atoms with Gasteiger partial charge in [0.15, 0.2) is 0 Å². The van der Waals surface area contributed by atoms with E-state index >= 15 is 0 Å². The van der Waals surface area contributed by atoms with E-state index < -0.39 is 12.3 Å². The first-order valence-electron chi connectivity index (χ1n) is 11.5. The summed E-state index contributed by atoms with van der Waals surface area (Å²) in [6.45, 7) is 2.71. The summed E-state index contributed by atoms with van der Waals surface area (Å²) in [5, 5.41) is 27.9. The number of hydrogen-bond donors (Lipinski definition) is 4. The Bertz CT molecular complexity index is 588. The quantitative estimate of drug-likeness (QED) is 0.416. The second-order valence-electron chi connectivity index (χ2n) is 11.3. The third-order valence-corrected chi connectivity index (χ3v) is 9.92. The van der Waals surface area contributed by atoms with E-state index in [1.807, 2.05) is 0 Å². The lowest BCUT2D eigenvalue weighted by Gasteiger charge is -2.72. The van der Waals surface area contributed by atoms with Crippen LogP contribution in [-0.4, -0.2) is 32.7 Å². The average molecular weight is 409 g/mol. The Balaban J connectivity index is 0.000000223. The highest BCUT2D eigenvalue weighted by Crippen LogP contribution is 2.76. The van der Waals surface area contributed by atoms with Crippen LogP contribution in [0.25, 0.3) is 0 Å². The predicted octanol–water partition coefficient (Wildman–Crippen LogP) is 6.11. The van der Waals surface area contributed by atoms with Crippen LogP contribution < -0.4 is 0 Å². The standard InChI is InChI=1S/C21H32.2CH2O3/c1-13-19-6-17-5-18(7-19)12-21(13,11-17)20-8-14-2-15(9-20)4-16(3-14)10-20;2*2-1(3)4/h13-19H,2-12H2,1H3;2*(H2,2,3,4). The van der Waals surface area contributed by atoms with Crippen LogP contribution in [0.2, 0.25) is 0 Å². The Morgan fingerprint density at radius 2 is 0.931 bits per heavy atom. The van der Waals surface area contributed by atoms with Crippen LogP contribution in [0.3, 0.4) is 0 Å². The summed E-state index contributed by atoms with van der Waals surface area (Å²) in [4.78, 5) is 17.1. The molecule has 4 N–H and O–H groups in total. The highest BCUT2D eigenvalue weighted by molar-refractivity contribution is 5.53. The zero-order valence-corrected chi connectivity index (χ0v) is 17.4. The summed E-state index contributed by atoms with van der Waals surface area (Å²) in [6.07, 6.45) is 14.4. The lowest BCUT2D eigenvalue weighted by molar-refractivity contribution is -0.227. The minimum atomic E-state index is -1.83. The molecule has 164 valence electrons. The van der Waals surface area contributed by atoms with E-state index in [1.165, 1.54) is 0 Å². The van der Waals surface area contributed by atoms with Crippen molar-refractivity contribution in [3.63, 3.8) is 0 Å². The third kappa shape index (κ3) is 3.61. The molecule has 0 aromatic heterocycles. The third-order valence-electron chi connectivity index (χ3n) is 9.92. The molecule has 8 bridgehead atoms. The SMILES string of the molecule is CC1C2CC3CC(C2)CC1(C12CC4CC(CC(C4)C1)C2)C3.O=C(O)O.O=C(O)O. The van der Waals surface area contributed by atoms with Gasteiger partial charge in [-0.3, -0.25) is 0 Å². The van der Waals surface area contributed by atoms with Crippen molar-refractivity contribution in [3.8, 4) is 0 Å². The van der Waals surface area contributed by atoms with Gasteiger partial charge in [-0.15, -0.1) is 0 Å². The maximum Gasteiger partial charge on any atom is 0.503 e. The van der Waals surface area contributed by atoms with Crippen molar-refractivity contribution in [3.05, 3.63) is 0 Å². The Morgan fingerprint density at radius 1 is 0.621 bits per heavy atom. The molecule has 3 atom stereocenters. The van der Waals surface area contributed by atoms with Gasteiger partial charge in [-0.05, 0) is 123 Å². The van der Waals surface area contributed by atoms with E-state index in [0.717, 1.165) is 52.3 Å². The van der Waals surface area contributed by atoms with Gasteiger partial charge in [0.1, 0.15) is 0 Å². The van der Waals surface area contributed by atoms with Crippen molar-refractivity contribution in [2.24, 2.45) is 52.3 Å². The zero-order valence-electron chi connectivity index (χ0n) is 17.4. The Morgan fingerprint density at radius 3 is 1.28 bits per heavy atom. The van der Waals surface area contributed by atoms with Gasteiger partial charge in [0.05, 0.1) is 0 Å². The minimum Gasteiger partial charge on any atom is -0.450 e.